The molecule has 31 heavy (non-hydrogen) atoms. The lowest BCUT2D eigenvalue weighted by Gasteiger charge is -2.35. The number of aliphatic hydroxyl groups is 1. The molecule has 1 fully saturated rings. The maximum absolute atomic E-state index is 13.0. The van der Waals surface area contributed by atoms with Crippen molar-refractivity contribution >= 4 is 40.3 Å². The van der Waals surface area contributed by atoms with Crippen LogP contribution in [0.2, 0.25) is 0 Å². The summed E-state index contributed by atoms with van der Waals surface area (Å²) in [6.45, 7) is 0.520. The van der Waals surface area contributed by atoms with Gasteiger partial charge in [0, 0.05) is 25.1 Å². The topological polar surface area (TPSA) is 113 Å². The Bertz CT molecular complexity index is 936. The first-order valence-electron chi connectivity index (χ1n) is 10.5. The van der Waals surface area contributed by atoms with Crippen LogP contribution in [0.1, 0.15) is 31.2 Å². The van der Waals surface area contributed by atoms with E-state index in [1.807, 2.05) is 42.5 Å². The summed E-state index contributed by atoms with van der Waals surface area (Å²) in [7, 11) is 0. The smallest absolute Gasteiger partial charge is 0.243 e. The number of carbonyl (C=O) groups is 3. The molecule has 1 heterocycles. The average Bonchev–Trinajstić information content (AvgIpc) is 2.78. The maximum atomic E-state index is 13.0. The summed E-state index contributed by atoms with van der Waals surface area (Å²) in [5.74, 6) is -0.578. The Hall–Kier alpha value is -2.58. The highest BCUT2D eigenvalue weighted by atomic mass is 32.2. The van der Waals surface area contributed by atoms with Crippen molar-refractivity contribution in [2.75, 3.05) is 18.2 Å². The number of carbonyl (C=O) groups excluding carboxylic acids is 3. The number of likely N-dealkylation sites (tertiary alicyclic amines) is 1. The van der Waals surface area contributed by atoms with Crippen LogP contribution in [-0.2, 0) is 20.8 Å². The van der Waals surface area contributed by atoms with Gasteiger partial charge in [0.05, 0.1) is 5.94 Å². The predicted octanol–water partition coefficient (Wildman–Crippen LogP) is 1.81. The van der Waals surface area contributed by atoms with Gasteiger partial charge in [-0.3, -0.25) is 14.4 Å². The minimum absolute atomic E-state index is 0.0355. The van der Waals surface area contributed by atoms with Gasteiger partial charge in [-0.1, -0.05) is 42.5 Å². The third kappa shape index (κ3) is 6.21. The Balaban J connectivity index is 1.68. The summed E-state index contributed by atoms with van der Waals surface area (Å²) in [6, 6.07) is 12.4. The lowest BCUT2D eigenvalue weighted by Crippen LogP contribution is -2.56. The second kappa shape index (κ2) is 11.2. The fraction of sp³-hybridized carbons (Fsp3) is 0.435. The average molecular weight is 444 g/mol. The van der Waals surface area contributed by atoms with Crippen LogP contribution in [0.3, 0.4) is 0 Å². The van der Waals surface area contributed by atoms with Crippen molar-refractivity contribution in [2.45, 2.75) is 44.2 Å². The summed E-state index contributed by atoms with van der Waals surface area (Å²) < 4.78 is 0. The maximum Gasteiger partial charge on any atom is 0.243 e. The zero-order valence-corrected chi connectivity index (χ0v) is 18.3. The first-order valence-corrected chi connectivity index (χ1v) is 11.7. The number of nitrogens with zero attached hydrogens (tertiary/aromatic N) is 1. The van der Waals surface area contributed by atoms with Crippen molar-refractivity contribution in [2.24, 2.45) is 5.73 Å². The molecule has 0 aromatic heterocycles. The van der Waals surface area contributed by atoms with Gasteiger partial charge >= 0.3 is 0 Å². The quantitative estimate of drug-likeness (QED) is 0.404. The lowest BCUT2D eigenvalue weighted by atomic mass is 9.98. The highest BCUT2D eigenvalue weighted by Gasteiger charge is 2.33. The molecule has 8 heteroatoms. The van der Waals surface area contributed by atoms with E-state index >= 15 is 0 Å². The predicted molar refractivity (Wildman–Crippen MR) is 122 cm³/mol. The lowest BCUT2D eigenvalue weighted by molar-refractivity contribution is -0.142. The van der Waals surface area contributed by atoms with Crippen molar-refractivity contribution in [3.8, 4) is 0 Å². The molecule has 0 aliphatic carbocycles. The van der Waals surface area contributed by atoms with Crippen molar-refractivity contribution in [3.63, 3.8) is 0 Å². The Labute approximate surface area is 186 Å². The summed E-state index contributed by atoms with van der Waals surface area (Å²) in [5, 5.41) is 13.8. The van der Waals surface area contributed by atoms with E-state index in [1.165, 1.54) is 11.8 Å². The molecule has 7 nitrogen and oxygen atoms in total. The van der Waals surface area contributed by atoms with E-state index in [0.717, 1.165) is 29.2 Å². The third-order valence-electron chi connectivity index (χ3n) is 5.59. The van der Waals surface area contributed by atoms with Crippen LogP contribution in [0, 0.1) is 0 Å². The normalized spacial score (nSPS) is 17.3. The van der Waals surface area contributed by atoms with Gasteiger partial charge < -0.3 is 21.1 Å². The highest BCUT2D eigenvalue weighted by Crippen LogP contribution is 2.20. The second-order valence-electron chi connectivity index (χ2n) is 7.74. The molecule has 0 unspecified atom stereocenters. The number of benzene rings is 2. The number of rotatable bonds is 9. The molecular weight excluding hydrogens is 414 g/mol. The van der Waals surface area contributed by atoms with Crippen LogP contribution < -0.4 is 11.1 Å². The number of primary amides is 1. The fourth-order valence-corrected chi connectivity index (χ4v) is 4.41. The van der Waals surface area contributed by atoms with Crippen LogP contribution in [0.15, 0.2) is 42.5 Å². The molecule has 0 spiro atoms. The van der Waals surface area contributed by atoms with Crippen molar-refractivity contribution in [1.29, 1.82) is 0 Å². The van der Waals surface area contributed by atoms with Crippen molar-refractivity contribution in [1.82, 2.24) is 10.2 Å². The molecule has 2 atom stereocenters. The van der Waals surface area contributed by atoms with Gasteiger partial charge in [0.2, 0.25) is 17.7 Å². The van der Waals surface area contributed by atoms with Crippen LogP contribution >= 0.6 is 11.8 Å². The van der Waals surface area contributed by atoms with E-state index in [2.05, 4.69) is 5.32 Å². The van der Waals surface area contributed by atoms with Crippen molar-refractivity contribution < 1.29 is 19.5 Å². The molecule has 1 saturated heterocycles. The van der Waals surface area contributed by atoms with Crippen LogP contribution in [0.5, 0.6) is 0 Å². The molecule has 2 aromatic rings. The third-order valence-corrected chi connectivity index (χ3v) is 6.27. The number of aliphatic hydroxyl groups excluding tert-OH is 1. The first kappa shape index (κ1) is 23.1. The standard InChI is InChI=1S/C23H29N3O4S/c24-22(29)19(14-16-8-9-17-5-1-2-6-18(17)13-16)25-23(30)20-7-3-4-11-26(20)21(28)10-12-31-15-27/h1-2,5-6,8-9,13,19-20,27H,3-4,7,10-12,14-15H2,(H2,24,29)(H,25,30)/t19-,20-/m0/s1. The monoisotopic (exact) mass is 443 g/mol. The molecular formula is C23H29N3O4S. The summed E-state index contributed by atoms with van der Waals surface area (Å²) >= 11 is 1.27. The van der Waals surface area contributed by atoms with Gasteiger partial charge in [-0.2, -0.15) is 0 Å². The number of nitrogens with one attached hydrogen (secondary N) is 1. The van der Waals surface area contributed by atoms with Gasteiger partial charge in [-0.05, 0) is 35.6 Å². The number of fused-ring (bicyclic) bond motifs is 1. The van der Waals surface area contributed by atoms with Gasteiger partial charge in [0.1, 0.15) is 12.1 Å². The van der Waals surface area contributed by atoms with Crippen LogP contribution in [0.4, 0.5) is 0 Å². The Morgan fingerprint density at radius 2 is 1.94 bits per heavy atom. The summed E-state index contributed by atoms with van der Waals surface area (Å²) in [5.41, 5.74) is 6.49. The van der Waals surface area contributed by atoms with E-state index in [-0.39, 0.29) is 24.2 Å². The van der Waals surface area contributed by atoms with Gasteiger partial charge in [0.15, 0.2) is 0 Å². The second-order valence-corrected chi connectivity index (χ2v) is 8.81. The number of hydrogen-bond donors (Lipinski definition) is 3. The van der Waals surface area contributed by atoms with Crippen LogP contribution in [0.25, 0.3) is 10.8 Å². The Morgan fingerprint density at radius 3 is 2.68 bits per heavy atom. The van der Waals surface area contributed by atoms with E-state index in [1.54, 1.807) is 4.90 Å². The van der Waals surface area contributed by atoms with E-state index in [9.17, 15) is 14.4 Å². The molecule has 0 bridgehead atoms. The molecule has 2 aromatic carbocycles. The molecule has 166 valence electrons. The zero-order chi connectivity index (χ0) is 22.2. The molecule has 0 saturated carbocycles. The summed E-state index contributed by atoms with van der Waals surface area (Å²) in [4.78, 5) is 39.3. The van der Waals surface area contributed by atoms with Gasteiger partial charge in [-0.25, -0.2) is 0 Å². The van der Waals surface area contributed by atoms with E-state index < -0.39 is 18.0 Å². The molecule has 3 rings (SSSR count). The number of amides is 3. The van der Waals surface area contributed by atoms with E-state index in [0.29, 0.717) is 25.1 Å². The largest absolute Gasteiger partial charge is 0.386 e. The SMILES string of the molecule is NC(=O)[C@H](Cc1ccc2ccccc2c1)NC(=O)[C@@H]1CCCCN1C(=O)CCSCO. The Kier molecular flexibility index (Phi) is 8.31. The molecule has 1 aliphatic heterocycles. The minimum atomic E-state index is -0.850. The number of piperidine rings is 1. The van der Waals surface area contributed by atoms with Crippen LogP contribution in [-0.4, -0.2) is 58.0 Å². The molecule has 4 N–H and O–H groups in total. The van der Waals surface area contributed by atoms with Gasteiger partial charge in [0.25, 0.3) is 0 Å². The van der Waals surface area contributed by atoms with Crippen molar-refractivity contribution in [3.05, 3.63) is 48.0 Å². The van der Waals surface area contributed by atoms with E-state index in [4.69, 9.17) is 10.8 Å². The number of hydrogen-bond acceptors (Lipinski definition) is 5. The zero-order valence-electron chi connectivity index (χ0n) is 17.5. The molecule has 0 radical (unpaired) electrons. The summed E-state index contributed by atoms with van der Waals surface area (Å²) in [6.07, 6.45) is 2.81. The van der Waals surface area contributed by atoms with Gasteiger partial charge in [-0.15, -0.1) is 11.8 Å². The minimum Gasteiger partial charge on any atom is -0.386 e. The number of thioether (sulfide) groups is 1. The molecule has 1 aliphatic rings. The first-order chi connectivity index (χ1) is 15.0. The Morgan fingerprint density at radius 1 is 1.16 bits per heavy atom. The highest BCUT2D eigenvalue weighted by molar-refractivity contribution is 7.99. The number of nitrogens with two attached hydrogens (primary N) is 1. The fourth-order valence-electron chi connectivity index (χ4n) is 3.96. The molecule has 3 amide bonds.